The Labute approximate surface area is 93.0 Å². The maximum atomic E-state index is 12.1. The van der Waals surface area contributed by atoms with E-state index in [2.05, 4.69) is 15.9 Å². The molecule has 0 aliphatic rings. The van der Waals surface area contributed by atoms with E-state index in [-0.39, 0.29) is 5.75 Å². The van der Waals surface area contributed by atoms with Crippen LogP contribution in [0.5, 0.6) is 0 Å². The fourth-order valence-electron chi connectivity index (χ4n) is 0.781. The van der Waals surface area contributed by atoms with Gasteiger partial charge in [0, 0.05) is 10.6 Å². The van der Waals surface area contributed by atoms with Crippen molar-refractivity contribution in [3.63, 3.8) is 0 Å². The van der Waals surface area contributed by atoms with Crippen LogP contribution >= 0.6 is 27.7 Å². The smallest absolute Gasteiger partial charge is 0.170 e. The lowest BCUT2D eigenvalue weighted by Crippen LogP contribution is -2.24. The monoisotopic (exact) mass is 284 g/mol. The fourth-order valence-corrected chi connectivity index (χ4v) is 2.05. The van der Waals surface area contributed by atoms with Crippen molar-refractivity contribution in [2.24, 2.45) is 0 Å². The average molecular weight is 285 g/mol. The summed E-state index contributed by atoms with van der Waals surface area (Å²) in [7, 11) is 0. The predicted molar refractivity (Wildman–Crippen MR) is 55.9 cm³/mol. The molecular weight excluding hydrogens is 277 g/mol. The molecule has 0 heterocycles. The van der Waals surface area contributed by atoms with Crippen LogP contribution < -0.4 is 0 Å². The minimum absolute atomic E-state index is 0.00644. The number of hydrogen-bond donors (Lipinski definition) is 0. The van der Waals surface area contributed by atoms with Crippen molar-refractivity contribution in [3.05, 3.63) is 30.3 Å². The second-order valence-corrected chi connectivity index (χ2v) is 4.83. The third kappa shape index (κ3) is 3.92. The van der Waals surface area contributed by atoms with E-state index in [1.54, 1.807) is 24.3 Å². The maximum Gasteiger partial charge on any atom is 0.402 e. The standard InChI is InChI=1S/C9H8BrF3S/c10-8(9(11,12)13)6-14-7-4-2-1-3-5-7/h1-5,8H,6H2. The van der Waals surface area contributed by atoms with Gasteiger partial charge in [-0.05, 0) is 12.1 Å². The molecule has 1 rings (SSSR count). The first kappa shape index (κ1) is 11.9. The summed E-state index contributed by atoms with van der Waals surface area (Å²) >= 11 is 3.80. The summed E-state index contributed by atoms with van der Waals surface area (Å²) in [6.07, 6.45) is -4.16. The molecule has 1 aromatic carbocycles. The molecule has 1 atom stereocenters. The van der Waals surface area contributed by atoms with E-state index in [1.165, 1.54) is 11.8 Å². The fraction of sp³-hybridized carbons (Fsp3) is 0.333. The second kappa shape index (κ2) is 5.07. The number of rotatable bonds is 3. The lowest BCUT2D eigenvalue weighted by atomic mass is 10.4. The average Bonchev–Trinajstić information content (AvgIpc) is 2.14. The van der Waals surface area contributed by atoms with Crippen molar-refractivity contribution in [1.29, 1.82) is 0 Å². The molecule has 0 amide bonds. The topological polar surface area (TPSA) is 0 Å². The molecule has 0 N–H and O–H groups in total. The van der Waals surface area contributed by atoms with E-state index in [0.29, 0.717) is 0 Å². The summed E-state index contributed by atoms with van der Waals surface area (Å²) in [5, 5.41) is 0. The second-order valence-electron chi connectivity index (χ2n) is 2.63. The third-order valence-corrected chi connectivity index (χ3v) is 3.87. The lowest BCUT2D eigenvalue weighted by Gasteiger charge is -2.12. The van der Waals surface area contributed by atoms with Crippen molar-refractivity contribution in [3.8, 4) is 0 Å². The van der Waals surface area contributed by atoms with Gasteiger partial charge in [0.05, 0.1) is 0 Å². The Bertz CT molecular complexity index is 273. The van der Waals surface area contributed by atoms with Crippen molar-refractivity contribution >= 4 is 27.7 Å². The Morgan fingerprint density at radius 1 is 1.21 bits per heavy atom. The van der Waals surface area contributed by atoms with Crippen molar-refractivity contribution in [1.82, 2.24) is 0 Å². The zero-order valence-corrected chi connectivity index (χ0v) is 9.49. The van der Waals surface area contributed by atoms with Gasteiger partial charge in [-0.3, -0.25) is 0 Å². The maximum absolute atomic E-state index is 12.1. The highest BCUT2D eigenvalue weighted by Gasteiger charge is 2.37. The highest BCUT2D eigenvalue weighted by molar-refractivity contribution is 9.09. The molecule has 0 fully saturated rings. The quantitative estimate of drug-likeness (QED) is 0.595. The van der Waals surface area contributed by atoms with E-state index < -0.39 is 11.0 Å². The highest BCUT2D eigenvalue weighted by Crippen LogP contribution is 2.31. The van der Waals surface area contributed by atoms with Gasteiger partial charge in [-0.2, -0.15) is 13.2 Å². The Balaban J connectivity index is 2.42. The normalized spacial score (nSPS) is 14.0. The number of thioether (sulfide) groups is 1. The molecule has 0 aliphatic heterocycles. The van der Waals surface area contributed by atoms with Crippen LogP contribution in [0.1, 0.15) is 0 Å². The summed E-state index contributed by atoms with van der Waals surface area (Å²) in [6, 6.07) is 9.03. The largest absolute Gasteiger partial charge is 0.402 e. The summed E-state index contributed by atoms with van der Waals surface area (Å²) in [4.78, 5) is -0.596. The number of benzene rings is 1. The van der Waals surface area contributed by atoms with Gasteiger partial charge in [0.2, 0.25) is 0 Å². The Hall–Kier alpha value is -0.160. The van der Waals surface area contributed by atoms with Crippen LogP contribution in [0.3, 0.4) is 0 Å². The summed E-state index contributed by atoms with van der Waals surface area (Å²) in [5.41, 5.74) is 0. The van der Waals surface area contributed by atoms with Crippen molar-refractivity contribution in [2.45, 2.75) is 15.9 Å². The molecular formula is C9H8BrF3S. The Morgan fingerprint density at radius 2 is 1.79 bits per heavy atom. The summed E-state index contributed by atoms with van der Waals surface area (Å²) in [5.74, 6) is -0.00644. The van der Waals surface area contributed by atoms with Crippen molar-refractivity contribution in [2.75, 3.05) is 5.75 Å². The molecule has 1 aromatic rings. The molecule has 0 aromatic heterocycles. The molecule has 0 radical (unpaired) electrons. The van der Waals surface area contributed by atoms with Crippen LogP contribution in [0.2, 0.25) is 0 Å². The highest BCUT2D eigenvalue weighted by atomic mass is 79.9. The molecule has 1 unspecified atom stereocenters. The summed E-state index contributed by atoms with van der Waals surface area (Å²) < 4.78 is 36.3. The molecule has 0 aliphatic carbocycles. The van der Waals surface area contributed by atoms with Gasteiger partial charge in [0.25, 0.3) is 0 Å². The lowest BCUT2D eigenvalue weighted by molar-refractivity contribution is -0.122. The van der Waals surface area contributed by atoms with E-state index in [0.717, 1.165) is 4.90 Å². The van der Waals surface area contributed by atoms with Gasteiger partial charge >= 0.3 is 6.18 Å². The molecule has 14 heavy (non-hydrogen) atoms. The molecule has 78 valence electrons. The van der Waals surface area contributed by atoms with Crippen LogP contribution in [0.25, 0.3) is 0 Å². The van der Waals surface area contributed by atoms with E-state index >= 15 is 0 Å². The van der Waals surface area contributed by atoms with Gasteiger partial charge in [0.15, 0.2) is 0 Å². The summed E-state index contributed by atoms with van der Waals surface area (Å²) in [6.45, 7) is 0. The van der Waals surface area contributed by atoms with Gasteiger partial charge in [-0.1, -0.05) is 34.1 Å². The minimum atomic E-state index is -4.16. The number of halogens is 4. The third-order valence-electron chi connectivity index (χ3n) is 1.49. The van der Waals surface area contributed by atoms with Crippen LogP contribution in [0.15, 0.2) is 35.2 Å². The molecule has 0 bridgehead atoms. The molecule has 0 spiro atoms. The Morgan fingerprint density at radius 3 is 2.29 bits per heavy atom. The van der Waals surface area contributed by atoms with Gasteiger partial charge < -0.3 is 0 Å². The number of alkyl halides is 4. The van der Waals surface area contributed by atoms with Gasteiger partial charge in [-0.15, -0.1) is 11.8 Å². The first-order valence-corrected chi connectivity index (χ1v) is 5.79. The first-order valence-electron chi connectivity index (χ1n) is 3.89. The molecule has 5 heteroatoms. The number of hydrogen-bond acceptors (Lipinski definition) is 1. The van der Waals surface area contributed by atoms with Crippen LogP contribution in [0, 0.1) is 0 Å². The Kier molecular flexibility index (Phi) is 4.31. The zero-order valence-electron chi connectivity index (χ0n) is 7.09. The van der Waals surface area contributed by atoms with Crippen LogP contribution in [-0.2, 0) is 0 Å². The first-order chi connectivity index (χ1) is 6.50. The van der Waals surface area contributed by atoms with E-state index in [1.807, 2.05) is 6.07 Å². The molecule has 0 saturated carbocycles. The minimum Gasteiger partial charge on any atom is -0.170 e. The van der Waals surface area contributed by atoms with Crippen molar-refractivity contribution < 1.29 is 13.2 Å². The van der Waals surface area contributed by atoms with E-state index in [9.17, 15) is 13.2 Å². The molecule has 0 saturated heterocycles. The molecule has 0 nitrogen and oxygen atoms in total. The van der Waals surface area contributed by atoms with E-state index in [4.69, 9.17) is 0 Å². The SMILES string of the molecule is FC(F)(F)C(Br)CSc1ccccc1. The van der Waals surface area contributed by atoms with Crippen LogP contribution in [-0.4, -0.2) is 16.8 Å². The van der Waals surface area contributed by atoms with Crippen LogP contribution in [0.4, 0.5) is 13.2 Å². The zero-order chi connectivity index (χ0) is 10.6. The van der Waals surface area contributed by atoms with Gasteiger partial charge in [0.1, 0.15) is 4.83 Å². The predicted octanol–water partition coefficient (Wildman–Crippen LogP) is 4.10. The van der Waals surface area contributed by atoms with Gasteiger partial charge in [-0.25, -0.2) is 0 Å².